The van der Waals surface area contributed by atoms with Gasteiger partial charge in [-0.15, -0.1) is 0 Å². The van der Waals surface area contributed by atoms with Gasteiger partial charge in [-0.3, -0.25) is 0 Å². The summed E-state index contributed by atoms with van der Waals surface area (Å²) in [5.74, 6) is -0.149. The molecule has 114 valence electrons. The zero-order chi connectivity index (χ0) is 14.9. The highest BCUT2D eigenvalue weighted by Crippen LogP contribution is 2.26. The monoisotopic (exact) mass is 288 g/mol. The predicted molar refractivity (Wildman–Crippen MR) is 83.0 cm³/mol. The summed E-state index contributed by atoms with van der Waals surface area (Å²) in [7, 11) is -1.82. The molecule has 0 aliphatic rings. The summed E-state index contributed by atoms with van der Waals surface area (Å²) >= 11 is 0. The topological polar surface area (TPSA) is 46.5 Å². The lowest BCUT2D eigenvalue weighted by molar-refractivity contribution is -0.146. The van der Waals surface area contributed by atoms with Crippen LogP contribution in [0.15, 0.2) is 0 Å². The van der Waals surface area contributed by atoms with Crippen LogP contribution in [0.2, 0.25) is 18.1 Å². The van der Waals surface area contributed by atoms with E-state index in [4.69, 9.17) is 4.43 Å². The van der Waals surface area contributed by atoms with Crippen LogP contribution in [-0.4, -0.2) is 25.5 Å². The fraction of sp³-hybridized carbons (Fsp3) is 0.933. The van der Waals surface area contributed by atoms with E-state index in [1.54, 1.807) is 0 Å². The highest BCUT2D eigenvalue weighted by atomic mass is 28.4. The molecule has 0 rings (SSSR count). The quantitative estimate of drug-likeness (QED) is 0.562. The van der Waals surface area contributed by atoms with Gasteiger partial charge in [-0.25, -0.2) is 4.79 Å². The smallest absolute Gasteiger partial charge is 0.331 e. The Morgan fingerprint density at radius 3 is 1.79 bits per heavy atom. The molecule has 0 amide bonds. The maximum atomic E-state index is 11.4. The molecule has 0 aliphatic heterocycles. The molecule has 0 saturated carbocycles. The van der Waals surface area contributed by atoms with E-state index in [-0.39, 0.29) is 0 Å². The van der Waals surface area contributed by atoms with E-state index in [1.165, 1.54) is 0 Å². The Bertz CT molecular complexity index is 240. The van der Waals surface area contributed by atoms with Gasteiger partial charge >= 0.3 is 5.97 Å². The van der Waals surface area contributed by atoms with Crippen LogP contribution in [0.5, 0.6) is 0 Å². The minimum Gasteiger partial charge on any atom is -0.479 e. The van der Waals surface area contributed by atoms with Crippen molar-refractivity contribution in [2.24, 2.45) is 5.92 Å². The Kier molecular flexibility index (Phi) is 9.36. The molecule has 0 aliphatic carbocycles. The SMILES string of the molecule is CCC(CC)CCC(O[Si](CC)(CC)CC)C(=O)O. The third kappa shape index (κ3) is 6.08. The molecule has 1 N–H and O–H groups in total. The molecular weight excluding hydrogens is 256 g/mol. The van der Waals surface area contributed by atoms with Gasteiger partial charge in [0, 0.05) is 0 Å². The summed E-state index contributed by atoms with van der Waals surface area (Å²) in [5, 5.41) is 9.38. The number of carbonyl (C=O) groups is 1. The van der Waals surface area contributed by atoms with Crippen LogP contribution in [0.4, 0.5) is 0 Å². The molecule has 0 radical (unpaired) electrons. The van der Waals surface area contributed by atoms with Crippen LogP contribution in [0, 0.1) is 5.92 Å². The molecule has 1 atom stereocenters. The standard InChI is InChI=1S/C15H32O3Si/c1-6-13(7-2)11-12-14(15(16)17)18-19(8-3,9-4)10-5/h13-14H,6-12H2,1-5H3,(H,16,17). The first kappa shape index (κ1) is 18.6. The number of aliphatic carboxylic acids is 1. The normalized spacial score (nSPS) is 13.8. The molecule has 0 fully saturated rings. The molecular formula is C15H32O3Si. The first-order chi connectivity index (χ1) is 8.98. The Morgan fingerprint density at radius 2 is 1.47 bits per heavy atom. The molecule has 0 spiro atoms. The van der Waals surface area contributed by atoms with Crippen LogP contribution in [0.25, 0.3) is 0 Å². The van der Waals surface area contributed by atoms with Crippen LogP contribution in [0.1, 0.15) is 60.3 Å². The van der Waals surface area contributed by atoms with E-state index in [0.29, 0.717) is 12.3 Å². The van der Waals surface area contributed by atoms with E-state index < -0.39 is 20.4 Å². The Balaban J connectivity index is 4.60. The molecule has 0 aromatic carbocycles. The molecule has 3 nitrogen and oxygen atoms in total. The fourth-order valence-corrected chi connectivity index (χ4v) is 5.44. The zero-order valence-electron chi connectivity index (χ0n) is 13.4. The van der Waals surface area contributed by atoms with E-state index in [2.05, 4.69) is 34.6 Å². The minimum absolute atomic E-state index is 0.591. The Morgan fingerprint density at radius 1 is 1.00 bits per heavy atom. The van der Waals surface area contributed by atoms with E-state index in [9.17, 15) is 9.90 Å². The maximum Gasteiger partial charge on any atom is 0.331 e. The van der Waals surface area contributed by atoms with Gasteiger partial charge in [0.05, 0.1) is 0 Å². The third-order valence-electron chi connectivity index (χ3n) is 4.59. The second-order valence-electron chi connectivity index (χ2n) is 5.45. The highest BCUT2D eigenvalue weighted by Gasteiger charge is 2.34. The molecule has 0 bridgehead atoms. The van der Waals surface area contributed by atoms with Crippen molar-refractivity contribution in [3.8, 4) is 0 Å². The van der Waals surface area contributed by atoms with Gasteiger partial charge in [0.15, 0.2) is 8.32 Å². The van der Waals surface area contributed by atoms with Gasteiger partial charge < -0.3 is 9.53 Å². The second-order valence-corrected chi connectivity index (χ2v) is 10.2. The summed E-state index contributed by atoms with van der Waals surface area (Å²) in [5.41, 5.74) is 0. The fourth-order valence-electron chi connectivity index (χ4n) is 2.62. The minimum atomic E-state index is -1.82. The second kappa shape index (κ2) is 9.53. The molecule has 0 aromatic heterocycles. The number of carboxylic acids is 1. The van der Waals surface area contributed by atoms with E-state index in [1.807, 2.05) is 0 Å². The number of hydrogen-bond acceptors (Lipinski definition) is 2. The van der Waals surface area contributed by atoms with Crippen molar-refractivity contribution in [2.45, 2.75) is 84.5 Å². The molecule has 19 heavy (non-hydrogen) atoms. The van der Waals surface area contributed by atoms with Crippen LogP contribution >= 0.6 is 0 Å². The maximum absolute atomic E-state index is 11.4. The Hall–Kier alpha value is -0.353. The van der Waals surface area contributed by atoms with Crippen molar-refractivity contribution in [1.82, 2.24) is 0 Å². The number of carboxylic acid groups (broad SMARTS) is 1. The lowest BCUT2D eigenvalue weighted by atomic mass is 9.96. The van der Waals surface area contributed by atoms with Crippen molar-refractivity contribution in [3.63, 3.8) is 0 Å². The van der Waals surface area contributed by atoms with Gasteiger partial charge in [0.1, 0.15) is 6.10 Å². The first-order valence-corrected chi connectivity index (χ1v) is 10.4. The van der Waals surface area contributed by atoms with Crippen molar-refractivity contribution < 1.29 is 14.3 Å². The molecule has 0 heterocycles. The summed E-state index contributed by atoms with van der Waals surface area (Å²) in [6.45, 7) is 10.8. The summed E-state index contributed by atoms with van der Waals surface area (Å²) in [6, 6.07) is 3.03. The zero-order valence-corrected chi connectivity index (χ0v) is 14.4. The van der Waals surface area contributed by atoms with Gasteiger partial charge in [0.25, 0.3) is 0 Å². The van der Waals surface area contributed by atoms with E-state index in [0.717, 1.165) is 37.4 Å². The number of rotatable bonds is 11. The summed E-state index contributed by atoms with van der Waals surface area (Å²) in [6.07, 6.45) is 3.29. The average molecular weight is 289 g/mol. The lowest BCUT2D eigenvalue weighted by Gasteiger charge is -2.32. The molecule has 0 saturated heterocycles. The van der Waals surface area contributed by atoms with Crippen molar-refractivity contribution in [2.75, 3.05) is 0 Å². The molecule has 1 unspecified atom stereocenters. The largest absolute Gasteiger partial charge is 0.479 e. The third-order valence-corrected chi connectivity index (χ3v) is 9.24. The van der Waals surface area contributed by atoms with E-state index >= 15 is 0 Å². The van der Waals surface area contributed by atoms with Crippen LogP contribution in [-0.2, 0) is 9.22 Å². The van der Waals surface area contributed by atoms with Gasteiger partial charge in [0.2, 0.25) is 0 Å². The van der Waals surface area contributed by atoms with Crippen LogP contribution < -0.4 is 0 Å². The predicted octanol–water partition coefficient (Wildman–Crippen LogP) is 4.68. The Labute approximate surface area is 119 Å². The number of hydrogen-bond donors (Lipinski definition) is 1. The molecule has 4 heteroatoms. The van der Waals surface area contributed by atoms with Crippen molar-refractivity contribution >= 4 is 14.3 Å². The lowest BCUT2D eigenvalue weighted by Crippen LogP contribution is -2.42. The van der Waals surface area contributed by atoms with Crippen molar-refractivity contribution in [3.05, 3.63) is 0 Å². The van der Waals surface area contributed by atoms with Crippen LogP contribution in [0.3, 0.4) is 0 Å². The molecule has 0 aromatic rings. The summed E-state index contributed by atoms with van der Waals surface area (Å²) < 4.78 is 6.13. The highest BCUT2D eigenvalue weighted by molar-refractivity contribution is 6.73. The van der Waals surface area contributed by atoms with Crippen molar-refractivity contribution in [1.29, 1.82) is 0 Å². The summed E-state index contributed by atoms with van der Waals surface area (Å²) in [4.78, 5) is 11.4. The van der Waals surface area contributed by atoms with Gasteiger partial charge in [-0.05, 0) is 36.9 Å². The van der Waals surface area contributed by atoms with Gasteiger partial charge in [-0.2, -0.15) is 0 Å². The van der Waals surface area contributed by atoms with Gasteiger partial charge in [-0.1, -0.05) is 47.5 Å². The average Bonchev–Trinajstić information content (AvgIpc) is 2.43. The first-order valence-electron chi connectivity index (χ1n) is 7.89.